The Morgan fingerprint density at radius 2 is 2.50 bits per heavy atom. The molecule has 1 saturated heterocycles. The van der Waals surface area contributed by atoms with Gasteiger partial charge in [-0.1, -0.05) is 0 Å². The molecule has 1 aliphatic rings. The Morgan fingerprint density at radius 1 is 1.71 bits per heavy atom. The monoisotopic (exact) mass is 201 g/mol. The van der Waals surface area contributed by atoms with Crippen molar-refractivity contribution in [3.8, 4) is 0 Å². The molecule has 1 fully saturated rings. The van der Waals surface area contributed by atoms with Crippen LogP contribution in [0.15, 0.2) is 0 Å². The molecule has 0 bridgehead atoms. The summed E-state index contributed by atoms with van der Waals surface area (Å²) in [5, 5.41) is 11.2. The number of nitrogens with one attached hydrogen (secondary N) is 1. The van der Waals surface area contributed by atoms with Crippen molar-refractivity contribution in [1.29, 1.82) is 0 Å². The van der Waals surface area contributed by atoms with Crippen molar-refractivity contribution in [2.75, 3.05) is 13.2 Å². The van der Waals surface area contributed by atoms with E-state index in [1.807, 2.05) is 0 Å². The second kappa shape index (κ2) is 5.59. The van der Waals surface area contributed by atoms with Gasteiger partial charge in [-0.05, 0) is 12.8 Å². The Bertz CT molecular complexity index is 201. The molecule has 80 valence electrons. The van der Waals surface area contributed by atoms with E-state index in [0.29, 0.717) is 13.0 Å². The fourth-order valence-corrected chi connectivity index (χ4v) is 1.72. The third-order valence-electron chi connectivity index (χ3n) is 2.44. The van der Waals surface area contributed by atoms with Gasteiger partial charge in [0.25, 0.3) is 0 Å². The molecule has 2 N–H and O–H groups in total. The number of ether oxygens (including phenoxy) is 1. The Balaban J connectivity index is 2.46. The number of hydrogen-bond donors (Lipinski definition) is 2. The maximum absolute atomic E-state index is 10.5. The normalized spacial score (nSPS) is 23.9. The van der Waals surface area contributed by atoms with E-state index in [2.05, 4.69) is 5.32 Å². The minimum absolute atomic E-state index is 0.0350. The van der Waals surface area contributed by atoms with Crippen LogP contribution < -0.4 is 5.32 Å². The third-order valence-corrected chi connectivity index (χ3v) is 2.44. The molecule has 14 heavy (non-hydrogen) atoms. The second-order valence-corrected chi connectivity index (χ2v) is 3.47. The highest BCUT2D eigenvalue weighted by molar-refractivity contribution is 5.68. The van der Waals surface area contributed by atoms with Crippen LogP contribution in [-0.2, 0) is 14.3 Å². The second-order valence-electron chi connectivity index (χ2n) is 3.47. The van der Waals surface area contributed by atoms with Gasteiger partial charge in [0.2, 0.25) is 6.41 Å². The molecule has 0 aromatic heterocycles. The lowest BCUT2D eigenvalue weighted by molar-refractivity contribution is -0.138. The zero-order valence-corrected chi connectivity index (χ0v) is 7.94. The highest BCUT2D eigenvalue weighted by Gasteiger charge is 2.25. The van der Waals surface area contributed by atoms with Crippen LogP contribution in [-0.4, -0.2) is 36.7 Å². The SMILES string of the molecule is O=CN[C@@H](CC(=O)O)C1CCCOC1. The summed E-state index contributed by atoms with van der Waals surface area (Å²) in [5.74, 6) is -0.764. The number of carbonyl (C=O) groups excluding carboxylic acids is 1. The quantitative estimate of drug-likeness (QED) is 0.614. The van der Waals surface area contributed by atoms with Crippen LogP contribution in [0.3, 0.4) is 0 Å². The molecule has 1 aliphatic heterocycles. The molecule has 5 nitrogen and oxygen atoms in total. The molecule has 5 heteroatoms. The van der Waals surface area contributed by atoms with Gasteiger partial charge in [-0.3, -0.25) is 9.59 Å². The number of carboxylic acid groups (broad SMARTS) is 1. The van der Waals surface area contributed by atoms with Gasteiger partial charge >= 0.3 is 5.97 Å². The van der Waals surface area contributed by atoms with Crippen LogP contribution in [0.1, 0.15) is 19.3 Å². The summed E-state index contributed by atoms with van der Waals surface area (Å²) >= 11 is 0. The maximum Gasteiger partial charge on any atom is 0.305 e. The molecule has 0 saturated carbocycles. The zero-order chi connectivity index (χ0) is 10.4. The van der Waals surface area contributed by atoms with Crippen molar-refractivity contribution in [3.05, 3.63) is 0 Å². The fraction of sp³-hybridized carbons (Fsp3) is 0.778. The van der Waals surface area contributed by atoms with E-state index in [4.69, 9.17) is 9.84 Å². The largest absolute Gasteiger partial charge is 0.481 e. The summed E-state index contributed by atoms with van der Waals surface area (Å²) < 4.78 is 5.24. The van der Waals surface area contributed by atoms with Gasteiger partial charge in [-0.15, -0.1) is 0 Å². The van der Waals surface area contributed by atoms with Crippen LogP contribution in [0.25, 0.3) is 0 Å². The van der Waals surface area contributed by atoms with Crippen molar-refractivity contribution in [3.63, 3.8) is 0 Å². The predicted molar refractivity (Wildman–Crippen MR) is 48.8 cm³/mol. The van der Waals surface area contributed by atoms with E-state index < -0.39 is 5.97 Å². The lowest BCUT2D eigenvalue weighted by Crippen LogP contribution is -2.41. The van der Waals surface area contributed by atoms with E-state index in [-0.39, 0.29) is 18.4 Å². The molecule has 1 rings (SSSR count). The van der Waals surface area contributed by atoms with Gasteiger partial charge in [-0.25, -0.2) is 0 Å². The maximum atomic E-state index is 10.5. The van der Waals surface area contributed by atoms with Crippen LogP contribution >= 0.6 is 0 Å². The molecule has 1 amide bonds. The Hall–Kier alpha value is -1.10. The predicted octanol–water partition coefficient (Wildman–Crippen LogP) is 0.00230. The number of carbonyl (C=O) groups is 2. The molecular weight excluding hydrogens is 186 g/mol. The van der Waals surface area contributed by atoms with E-state index in [1.165, 1.54) is 0 Å². The van der Waals surface area contributed by atoms with Gasteiger partial charge in [0.15, 0.2) is 0 Å². The summed E-state index contributed by atoms with van der Waals surface area (Å²) in [6, 6.07) is -0.301. The number of rotatable bonds is 5. The zero-order valence-electron chi connectivity index (χ0n) is 7.94. The Morgan fingerprint density at radius 3 is 3.00 bits per heavy atom. The first kappa shape index (κ1) is 11.0. The van der Waals surface area contributed by atoms with Gasteiger partial charge in [0.05, 0.1) is 13.0 Å². The number of amides is 1. The molecule has 1 heterocycles. The summed E-state index contributed by atoms with van der Waals surface area (Å²) in [4.78, 5) is 20.8. The molecular formula is C9H15NO4. The van der Waals surface area contributed by atoms with E-state index in [9.17, 15) is 9.59 Å². The minimum Gasteiger partial charge on any atom is -0.481 e. The van der Waals surface area contributed by atoms with Crippen molar-refractivity contribution < 1.29 is 19.4 Å². The standard InChI is InChI=1S/C9H15NO4/c11-6-10-8(4-9(12)13)7-2-1-3-14-5-7/h6-8H,1-5H2,(H,10,11)(H,12,13)/t7?,8-/m0/s1. The highest BCUT2D eigenvalue weighted by atomic mass is 16.5. The average Bonchev–Trinajstić information content (AvgIpc) is 2.18. The first-order chi connectivity index (χ1) is 6.74. The molecule has 0 spiro atoms. The Labute approximate surface area is 82.4 Å². The number of hydrogen-bond acceptors (Lipinski definition) is 3. The van der Waals surface area contributed by atoms with Crippen LogP contribution in [0.2, 0.25) is 0 Å². The van der Waals surface area contributed by atoms with Gasteiger partial charge in [-0.2, -0.15) is 0 Å². The average molecular weight is 201 g/mol. The van der Waals surface area contributed by atoms with Gasteiger partial charge in [0, 0.05) is 18.6 Å². The lowest BCUT2D eigenvalue weighted by atomic mass is 9.92. The van der Waals surface area contributed by atoms with Crippen LogP contribution in [0.5, 0.6) is 0 Å². The number of aliphatic carboxylic acids is 1. The van der Waals surface area contributed by atoms with E-state index in [0.717, 1.165) is 19.4 Å². The third kappa shape index (κ3) is 3.33. The van der Waals surface area contributed by atoms with Crippen LogP contribution in [0.4, 0.5) is 0 Å². The fourth-order valence-electron chi connectivity index (χ4n) is 1.72. The topological polar surface area (TPSA) is 75.6 Å². The van der Waals surface area contributed by atoms with Crippen LogP contribution in [0, 0.1) is 5.92 Å². The minimum atomic E-state index is -0.894. The summed E-state index contributed by atoms with van der Waals surface area (Å²) in [5.41, 5.74) is 0. The summed E-state index contributed by atoms with van der Waals surface area (Å²) in [6.07, 6.45) is 2.37. The van der Waals surface area contributed by atoms with Crippen molar-refractivity contribution in [2.45, 2.75) is 25.3 Å². The molecule has 0 aromatic carbocycles. The smallest absolute Gasteiger partial charge is 0.305 e. The molecule has 0 aromatic rings. The van der Waals surface area contributed by atoms with Gasteiger partial charge in [0.1, 0.15) is 0 Å². The van der Waals surface area contributed by atoms with Crippen molar-refractivity contribution in [2.24, 2.45) is 5.92 Å². The Kier molecular flexibility index (Phi) is 4.39. The molecule has 1 unspecified atom stereocenters. The molecule has 0 aliphatic carbocycles. The molecule has 0 radical (unpaired) electrons. The summed E-state index contributed by atoms with van der Waals surface area (Å²) in [7, 11) is 0. The van der Waals surface area contributed by atoms with Crippen molar-refractivity contribution in [1.82, 2.24) is 5.32 Å². The van der Waals surface area contributed by atoms with E-state index in [1.54, 1.807) is 0 Å². The summed E-state index contributed by atoms with van der Waals surface area (Å²) in [6.45, 7) is 1.27. The number of carboxylic acids is 1. The lowest BCUT2D eigenvalue weighted by Gasteiger charge is -2.28. The highest BCUT2D eigenvalue weighted by Crippen LogP contribution is 2.19. The van der Waals surface area contributed by atoms with E-state index >= 15 is 0 Å². The van der Waals surface area contributed by atoms with Crippen molar-refractivity contribution >= 4 is 12.4 Å². The molecule has 2 atom stereocenters. The first-order valence-corrected chi connectivity index (χ1v) is 4.73. The first-order valence-electron chi connectivity index (χ1n) is 4.73. The van der Waals surface area contributed by atoms with Gasteiger partial charge < -0.3 is 15.2 Å².